The lowest BCUT2D eigenvalue weighted by atomic mass is 9.96. The number of nitrogens with one attached hydrogen (secondary N) is 1. The zero-order valence-corrected chi connectivity index (χ0v) is 18.8. The second kappa shape index (κ2) is 9.01. The number of hydrogen-bond acceptors (Lipinski definition) is 6. The zero-order valence-electron chi connectivity index (χ0n) is 18.0. The molecule has 8 nitrogen and oxygen atoms in total. The van der Waals surface area contributed by atoms with Crippen molar-refractivity contribution in [2.45, 2.75) is 30.8 Å². The van der Waals surface area contributed by atoms with Crippen molar-refractivity contribution in [2.24, 2.45) is 0 Å². The third kappa shape index (κ3) is 4.55. The normalized spacial score (nSPS) is 18.8. The van der Waals surface area contributed by atoms with Crippen molar-refractivity contribution in [3.8, 4) is 0 Å². The summed E-state index contributed by atoms with van der Waals surface area (Å²) in [7, 11) is -2.10. The number of carbonyl (C=O) groups is 2. The van der Waals surface area contributed by atoms with Crippen LogP contribution < -0.4 is 5.32 Å². The predicted octanol–water partition coefficient (Wildman–Crippen LogP) is 1.73. The molecule has 9 heteroatoms. The van der Waals surface area contributed by atoms with E-state index in [0.29, 0.717) is 38.0 Å². The number of benzene rings is 2. The number of ether oxygens (including phenoxy) is 1. The third-order valence-corrected chi connectivity index (χ3v) is 8.09. The summed E-state index contributed by atoms with van der Waals surface area (Å²) in [6.07, 6.45) is 1.04. The maximum atomic E-state index is 12.9. The minimum Gasteiger partial charge on any atom is -0.465 e. The minimum atomic E-state index is -3.43. The molecule has 1 amide bonds. The number of amides is 1. The van der Waals surface area contributed by atoms with Gasteiger partial charge in [-0.1, -0.05) is 42.5 Å². The largest absolute Gasteiger partial charge is 0.465 e. The SMILES string of the molecule is COC(=O)c1ccc(CN2C(=O)CNC23CCN(S(=O)(=O)Cc2ccccc2)CC3)cc1. The molecule has 2 aromatic rings. The predicted molar refractivity (Wildman–Crippen MR) is 119 cm³/mol. The highest BCUT2D eigenvalue weighted by molar-refractivity contribution is 7.88. The second-order valence-electron chi connectivity index (χ2n) is 8.19. The number of piperidine rings is 1. The van der Waals surface area contributed by atoms with E-state index in [2.05, 4.69) is 5.32 Å². The first-order chi connectivity index (χ1) is 15.3. The van der Waals surface area contributed by atoms with Crippen molar-refractivity contribution in [1.29, 1.82) is 0 Å². The number of carbonyl (C=O) groups excluding carboxylic acids is 2. The van der Waals surface area contributed by atoms with Crippen molar-refractivity contribution in [2.75, 3.05) is 26.7 Å². The number of methoxy groups -OCH3 is 1. The molecule has 2 aliphatic heterocycles. The van der Waals surface area contributed by atoms with Gasteiger partial charge in [0.1, 0.15) is 0 Å². The molecule has 2 fully saturated rings. The lowest BCUT2D eigenvalue weighted by Gasteiger charge is -2.44. The van der Waals surface area contributed by atoms with Crippen LogP contribution in [-0.2, 0) is 31.9 Å². The van der Waals surface area contributed by atoms with Crippen molar-refractivity contribution < 1.29 is 22.7 Å². The van der Waals surface area contributed by atoms with Gasteiger partial charge in [-0.2, -0.15) is 0 Å². The Morgan fingerprint density at radius 1 is 1.03 bits per heavy atom. The summed E-state index contributed by atoms with van der Waals surface area (Å²) >= 11 is 0. The third-order valence-electron chi connectivity index (χ3n) is 6.24. The quantitative estimate of drug-likeness (QED) is 0.664. The van der Waals surface area contributed by atoms with Crippen LogP contribution in [0.3, 0.4) is 0 Å². The van der Waals surface area contributed by atoms with E-state index in [4.69, 9.17) is 4.74 Å². The molecule has 2 heterocycles. The smallest absolute Gasteiger partial charge is 0.337 e. The summed E-state index contributed by atoms with van der Waals surface area (Å²) < 4.78 is 32.0. The Balaban J connectivity index is 1.43. The minimum absolute atomic E-state index is 0.0114. The van der Waals surface area contributed by atoms with E-state index in [1.165, 1.54) is 11.4 Å². The average molecular weight is 458 g/mol. The molecular formula is C23H27N3O5S. The van der Waals surface area contributed by atoms with Crippen LogP contribution in [0.25, 0.3) is 0 Å². The van der Waals surface area contributed by atoms with Crippen LogP contribution >= 0.6 is 0 Å². The van der Waals surface area contributed by atoms with E-state index in [0.717, 1.165) is 11.1 Å². The highest BCUT2D eigenvalue weighted by Gasteiger charge is 2.48. The lowest BCUT2D eigenvalue weighted by Crippen LogP contribution is -2.59. The Morgan fingerprint density at radius 2 is 1.69 bits per heavy atom. The van der Waals surface area contributed by atoms with Crippen molar-refractivity contribution >= 4 is 21.9 Å². The standard InChI is InChI=1S/C23H27N3O5S/c1-31-22(28)20-9-7-18(8-10-20)16-26-21(27)15-24-23(26)11-13-25(14-12-23)32(29,30)17-19-5-3-2-4-6-19/h2-10,24H,11-17H2,1H3. The van der Waals surface area contributed by atoms with Gasteiger partial charge < -0.3 is 9.64 Å². The number of rotatable bonds is 6. The van der Waals surface area contributed by atoms with Gasteiger partial charge in [0.15, 0.2) is 0 Å². The summed E-state index contributed by atoms with van der Waals surface area (Å²) in [5, 5.41) is 3.33. The van der Waals surface area contributed by atoms with Crippen LogP contribution in [0.1, 0.15) is 34.3 Å². The summed E-state index contributed by atoms with van der Waals surface area (Å²) in [6, 6.07) is 16.1. The van der Waals surface area contributed by atoms with Crippen molar-refractivity contribution in [1.82, 2.24) is 14.5 Å². The summed E-state index contributed by atoms with van der Waals surface area (Å²) in [5.74, 6) is -0.442. The van der Waals surface area contributed by atoms with Gasteiger partial charge in [-0.25, -0.2) is 17.5 Å². The fraction of sp³-hybridized carbons (Fsp3) is 0.391. The Labute approximate surface area is 188 Å². The number of nitrogens with zero attached hydrogens (tertiary/aromatic N) is 2. The zero-order chi connectivity index (χ0) is 22.8. The van der Waals surface area contributed by atoms with Gasteiger partial charge in [0.2, 0.25) is 15.9 Å². The molecule has 2 aliphatic rings. The second-order valence-corrected chi connectivity index (χ2v) is 10.2. The number of esters is 1. The molecule has 0 radical (unpaired) electrons. The molecule has 2 aromatic carbocycles. The summed E-state index contributed by atoms with van der Waals surface area (Å²) in [5.41, 5.74) is 1.55. The number of hydrogen-bond donors (Lipinski definition) is 1. The Bertz CT molecular complexity index is 1080. The Morgan fingerprint density at radius 3 is 2.31 bits per heavy atom. The van der Waals surface area contributed by atoms with Crippen LogP contribution in [0.2, 0.25) is 0 Å². The van der Waals surface area contributed by atoms with E-state index in [1.807, 2.05) is 42.5 Å². The monoisotopic (exact) mass is 457 g/mol. The Hall–Kier alpha value is -2.75. The molecule has 1 spiro atoms. The highest BCUT2D eigenvalue weighted by atomic mass is 32.2. The number of sulfonamides is 1. The van der Waals surface area contributed by atoms with Gasteiger partial charge in [0.05, 0.1) is 30.6 Å². The van der Waals surface area contributed by atoms with Gasteiger partial charge in [0.25, 0.3) is 0 Å². The van der Waals surface area contributed by atoms with Gasteiger partial charge in [-0.15, -0.1) is 0 Å². The first-order valence-electron chi connectivity index (χ1n) is 10.6. The molecule has 0 unspecified atom stereocenters. The van der Waals surface area contributed by atoms with Crippen LogP contribution in [0.15, 0.2) is 54.6 Å². The molecule has 170 valence electrons. The fourth-order valence-corrected chi connectivity index (χ4v) is 5.95. The summed E-state index contributed by atoms with van der Waals surface area (Å²) in [4.78, 5) is 26.1. The van der Waals surface area contributed by atoms with Gasteiger partial charge >= 0.3 is 5.97 Å². The first kappa shape index (κ1) is 22.4. The molecule has 0 aromatic heterocycles. The molecular weight excluding hydrogens is 430 g/mol. The molecule has 0 atom stereocenters. The maximum Gasteiger partial charge on any atom is 0.337 e. The summed E-state index contributed by atoms with van der Waals surface area (Å²) in [6.45, 7) is 1.33. The molecule has 0 bridgehead atoms. The Kier molecular flexibility index (Phi) is 6.32. The average Bonchev–Trinajstić information content (AvgIpc) is 3.09. The van der Waals surface area contributed by atoms with Gasteiger partial charge in [0, 0.05) is 19.6 Å². The van der Waals surface area contributed by atoms with Gasteiger partial charge in [-0.3, -0.25) is 10.1 Å². The molecule has 2 saturated heterocycles. The molecule has 0 aliphatic carbocycles. The molecule has 4 rings (SSSR count). The van der Waals surface area contributed by atoms with Crippen LogP contribution in [0.4, 0.5) is 0 Å². The van der Waals surface area contributed by atoms with Crippen molar-refractivity contribution in [3.05, 3.63) is 71.3 Å². The van der Waals surface area contributed by atoms with Crippen LogP contribution in [0.5, 0.6) is 0 Å². The lowest BCUT2D eigenvalue weighted by molar-refractivity contribution is -0.132. The van der Waals surface area contributed by atoms with E-state index < -0.39 is 21.7 Å². The highest BCUT2D eigenvalue weighted by Crippen LogP contribution is 2.33. The van der Waals surface area contributed by atoms with E-state index in [1.54, 1.807) is 17.0 Å². The molecule has 1 N–H and O–H groups in total. The molecule has 0 saturated carbocycles. The molecule has 32 heavy (non-hydrogen) atoms. The van der Waals surface area contributed by atoms with Crippen LogP contribution in [0, 0.1) is 0 Å². The van der Waals surface area contributed by atoms with Crippen molar-refractivity contribution in [3.63, 3.8) is 0 Å². The van der Waals surface area contributed by atoms with E-state index >= 15 is 0 Å². The van der Waals surface area contributed by atoms with E-state index in [9.17, 15) is 18.0 Å². The maximum absolute atomic E-state index is 12.9. The van der Waals surface area contributed by atoms with E-state index in [-0.39, 0.29) is 18.2 Å². The fourth-order valence-electron chi connectivity index (χ4n) is 4.41. The van der Waals surface area contributed by atoms with Gasteiger partial charge in [-0.05, 0) is 36.1 Å². The first-order valence-corrected chi connectivity index (χ1v) is 12.2. The van der Waals surface area contributed by atoms with Crippen LogP contribution in [-0.4, -0.2) is 61.9 Å². The topological polar surface area (TPSA) is 96.0 Å².